The fourth-order valence-electron chi connectivity index (χ4n) is 2.50. The smallest absolute Gasteiger partial charge is 0.161 e. The van der Waals surface area contributed by atoms with Gasteiger partial charge in [-0.05, 0) is 54.9 Å². The number of methoxy groups -OCH3 is 2. The summed E-state index contributed by atoms with van der Waals surface area (Å²) in [6, 6.07) is 12.0. The number of aryl methyl sites for hydroxylation is 1. The van der Waals surface area contributed by atoms with E-state index in [-0.39, 0.29) is 6.04 Å². The lowest BCUT2D eigenvalue weighted by Gasteiger charge is -2.21. The van der Waals surface area contributed by atoms with E-state index >= 15 is 0 Å². The van der Waals surface area contributed by atoms with Crippen molar-refractivity contribution in [1.82, 2.24) is 5.32 Å². The average molecular weight is 306 g/mol. The average Bonchev–Trinajstić information content (AvgIpc) is 2.49. The van der Waals surface area contributed by atoms with Crippen molar-refractivity contribution >= 4 is 11.6 Å². The van der Waals surface area contributed by atoms with Gasteiger partial charge in [-0.2, -0.15) is 0 Å². The molecule has 21 heavy (non-hydrogen) atoms. The third-order valence-electron chi connectivity index (χ3n) is 3.57. The quantitative estimate of drug-likeness (QED) is 0.906. The van der Waals surface area contributed by atoms with Gasteiger partial charge >= 0.3 is 0 Å². The lowest BCUT2D eigenvalue weighted by Crippen LogP contribution is -2.18. The SMILES string of the molecule is CNC(c1ccc(OC)c(OC)c1)c1ccc(Cl)cc1C. The Morgan fingerprint density at radius 1 is 1.00 bits per heavy atom. The highest BCUT2D eigenvalue weighted by Crippen LogP contribution is 2.33. The largest absolute Gasteiger partial charge is 0.493 e. The number of rotatable bonds is 5. The van der Waals surface area contributed by atoms with Crippen molar-refractivity contribution in [2.75, 3.05) is 21.3 Å². The van der Waals surface area contributed by atoms with E-state index in [1.807, 2.05) is 37.4 Å². The molecule has 0 radical (unpaired) electrons. The van der Waals surface area contributed by atoms with Crippen LogP contribution in [0.3, 0.4) is 0 Å². The van der Waals surface area contributed by atoms with E-state index in [2.05, 4.69) is 18.3 Å². The van der Waals surface area contributed by atoms with Crippen molar-refractivity contribution in [3.05, 3.63) is 58.1 Å². The van der Waals surface area contributed by atoms with E-state index in [0.29, 0.717) is 0 Å². The van der Waals surface area contributed by atoms with Gasteiger partial charge in [0.1, 0.15) is 0 Å². The van der Waals surface area contributed by atoms with Crippen LogP contribution in [0.5, 0.6) is 11.5 Å². The van der Waals surface area contributed by atoms with Crippen LogP contribution >= 0.6 is 11.6 Å². The normalized spacial score (nSPS) is 12.0. The molecule has 0 aliphatic rings. The number of halogens is 1. The van der Waals surface area contributed by atoms with Gasteiger partial charge in [0.2, 0.25) is 0 Å². The number of benzene rings is 2. The van der Waals surface area contributed by atoms with E-state index in [9.17, 15) is 0 Å². The third kappa shape index (κ3) is 3.31. The molecule has 2 aromatic rings. The molecule has 4 heteroatoms. The highest BCUT2D eigenvalue weighted by Gasteiger charge is 2.16. The summed E-state index contributed by atoms with van der Waals surface area (Å²) in [5, 5.41) is 4.09. The molecule has 1 unspecified atom stereocenters. The molecule has 1 N–H and O–H groups in total. The Balaban J connectivity index is 2.46. The van der Waals surface area contributed by atoms with Crippen molar-refractivity contribution in [2.45, 2.75) is 13.0 Å². The van der Waals surface area contributed by atoms with Gasteiger partial charge in [0.15, 0.2) is 11.5 Å². The van der Waals surface area contributed by atoms with Crippen molar-refractivity contribution in [3.8, 4) is 11.5 Å². The maximum atomic E-state index is 6.04. The zero-order valence-corrected chi connectivity index (χ0v) is 13.5. The summed E-state index contributed by atoms with van der Waals surface area (Å²) in [5.74, 6) is 1.45. The Bertz CT molecular complexity index is 628. The maximum absolute atomic E-state index is 6.04. The molecule has 0 saturated heterocycles. The van der Waals surface area contributed by atoms with Crippen LogP contribution in [0, 0.1) is 6.92 Å². The van der Waals surface area contributed by atoms with Gasteiger partial charge in [0.05, 0.1) is 20.3 Å². The Labute approximate surface area is 130 Å². The second-order valence-corrected chi connectivity index (χ2v) is 5.27. The molecular weight excluding hydrogens is 286 g/mol. The summed E-state index contributed by atoms with van der Waals surface area (Å²) in [6.07, 6.45) is 0. The highest BCUT2D eigenvalue weighted by atomic mass is 35.5. The second-order valence-electron chi connectivity index (χ2n) is 4.84. The lowest BCUT2D eigenvalue weighted by atomic mass is 9.95. The standard InChI is InChI=1S/C17H20ClNO2/c1-11-9-13(18)6-7-14(11)17(19-2)12-5-8-15(20-3)16(10-12)21-4/h5-10,17,19H,1-4H3. The molecule has 3 nitrogen and oxygen atoms in total. The highest BCUT2D eigenvalue weighted by molar-refractivity contribution is 6.30. The molecule has 2 rings (SSSR count). The molecule has 0 bridgehead atoms. The minimum absolute atomic E-state index is 0.0714. The topological polar surface area (TPSA) is 30.5 Å². The van der Waals surface area contributed by atoms with Gasteiger partial charge in [0.25, 0.3) is 0 Å². The monoisotopic (exact) mass is 305 g/mol. The molecule has 112 valence electrons. The second kappa shape index (κ2) is 6.83. The van der Waals surface area contributed by atoms with E-state index in [4.69, 9.17) is 21.1 Å². The van der Waals surface area contributed by atoms with Crippen LogP contribution < -0.4 is 14.8 Å². The number of nitrogens with one attached hydrogen (secondary N) is 1. The molecule has 0 heterocycles. The Kier molecular flexibility index (Phi) is 5.10. The fraction of sp³-hybridized carbons (Fsp3) is 0.294. The van der Waals surface area contributed by atoms with Gasteiger partial charge in [-0.1, -0.05) is 23.7 Å². The van der Waals surface area contributed by atoms with Crippen LogP contribution in [0.4, 0.5) is 0 Å². The predicted molar refractivity (Wildman–Crippen MR) is 86.6 cm³/mol. The van der Waals surface area contributed by atoms with Crippen LogP contribution in [-0.2, 0) is 0 Å². The molecule has 0 aliphatic heterocycles. The van der Waals surface area contributed by atoms with Crippen molar-refractivity contribution in [1.29, 1.82) is 0 Å². The Morgan fingerprint density at radius 2 is 1.71 bits per heavy atom. The van der Waals surface area contributed by atoms with E-state index in [1.54, 1.807) is 14.2 Å². The lowest BCUT2D eigenvalue weighted by molar-refractivity contribution is 0.354. The van der Waals surface area contributed by atoms with Gasteiger partial charge in [0, 0.05) is 5.02 Å². The molecule has 0 amide bonds. The zero-order valence-electron chi connectivity index (χ0n) is 12.7. The van der Waals surface area contributed by atoms with Crippen molar-refractivity contribution in [2.24, 2.45) is 0 Å². The molecule has 0 saturated carbocycles. The molecule has 2 aromatic carbocycles. The third-order valence-corrected chi connectivity index (χ3v) is 3.81. The first kappa shape index (κ1) is 15.7. The van der Waals surface area contributed by atoms with Crippen LogP contribution in [0.2, 0.25) is 5.02 Å². The summed E-state index contributed by atoms with van der Waals surface area (Å²) in [6.45, 7) is 2.06. The summed E-state index contributed by atoms with van der Waals surface area (Å²) in [7, 11) is 5.22. The molecule has 1 atom stereocenters. The maximum Gasteiger partial charge on any atom is 0.161 e. The van der Waals surface area contributed by atoms with E-state index in [1.165, 1.54) is 5.56 Å². The Morgan fingerprint density at radius 3 is 2.29 bits per heavy atom. The molecule has 0 aromatic heterocycles. The number of ether oxygens (including phenoxy) is 2. The van der Waals surface area contributed by atoms with Gasteiger partial charge in [-0.15, -0.1) is 0 Å². The first-order valence-electron chi connectivity index (χ1n) is 6.76. The minimum atomic E-state index is 0.0714. The summed E-state index contributed by atoms with van der Waals surface area (Å²) in [4.78, 5) is 0. The van der Waals surface area contributed by atoms with Gasteiger partial charge in [-0.25, -0.2) is 0 Å². The fourth-order valence-corrected chi connectivity index (χ4v) is 2.72. The van der Waals surface area contributed by atoms with Crippen LogP contribution in [0.15, 0.2) is 36.4 Å². The summed E-state index contributed by atoms with van der Waals surface area (Å²) >= 11 is 6.04. The molecule has 0 spiro atoms. The summed E-state index contributed by atoms with van der Waals surface area (Å²) < 4.78 is 10.7. The van der Waals surface area contributed by atoms with Gasteiger partial charge in [-0.3, -0.25) is 0 Å². The van der Waals surface area contributed by atoms with E-state index in [0.717, 1.165) is 27.6 Å². The Hall–Kier alpha value is -1.71. The van der Waals surface area contributed by atoms with Crippen LogP contribution in [-0.4, -0.2) is 21.3 Å². The predicted octanol–water partition coefficient (Wildman–Crippen LogP) is 3.97. The molecule has 0 aliphatic carbocycles. The van der Waals surface area contributed by atoms with Crippen molar-refractivity contribution < 1.29 is 9.47 Å². The van der Waals surface area contributed by atoms with Crippen LogP contribution in [0.25, 0.3) is 0 Å². The first-order valence-corrected chi connectivity index (χ1v) is 7.13. The van der Waals surface area contributed by atoms with E-state index < -0.39 is 0 Å². The van der Waals surface area contributed by atoms with Crippen LogP contribution in [0.1, 0.15) is 22.7 Å². The van der Waals surface area contributed by atoms with Gasteiger partial charge < -0.3 is 14.8 Å². The first-order chi connectivity index (χ1) is 10.1. The minimum Gasteiger partial charge on any atom is -0.493 e. The number of hydrogen-bond acceptors (Lipinski definition) is 3. The molecule has 0 fully saturated rings. The number of hydrogen-bond donors (Lipinski definition) is 1. The summed E-state index contributed by atoms with van der Waals surface area (Å²) in [5.41, 5.74) is 3.45. The van der Waals surface area contributed by atoms with Crippen molar-refractivity contribution in [3.63, 3.8) is 0 Å². The molecular formula is C17H20ClNO2. The zero-order chi connectivity index (χ0) is 15.4.